The molecular weight excluding hydrogens is 310 g/mol. The van der Waals surface area contributed by atoms with Crippen LogP contribution >= 0.6 is 0 Å². The molecule has 0 aromatic carbocycles. The van der Waals surface area contributed by atoms with Gasteiger partial charge in [0.1, 0.15) is 0 Å². The fourth-order valence-electron chi connectivity index (χ4n) is 7.71. The molecule has 0 saturated heterocycles. The fraction of sp³-hybridized carbons (Fsp3) is 0.864. The predicted octanol–water partition coefficient (Wildman–Crippen LogP) is 4.20. The Balaban J connectivity index is 1.65. The summed E-state index contributed by atoms with van der Waals surface area (Å²) in [7, 11) is 0. The van der Waals surface area contributed by atoms with Gasteiger partial charge in [0.05, 0.1) is 11.7 Å². The summed E-state index contributed by atoms with van der Waals surface area (Å²) in [6.45, 7) is 4.67. The first kappa shape index (κ1) is 17.6. The first-order valence-electron chi connectivity index (χ1n) is 10.3. The molecule has 4 aliphatic carbocycles. The molecule has 138 valence electrons. The van der Waals surface area contributed by atoms with Gasteiger partial charge in [-0.25, -0.2) is 0 Å². The van der Waals surface area contributed by atoms with Gasteiger partial charge in [-0.1, -0.05) is 12.5 Å². The Kier molecular flexibility index (Phi) is 4.09. The normalized spacial score (nSPS) is 53.6. The van der Waals surface area contributed by atoms with E-state index >= 15 is 0 Å². The molecule has 2 N–H and O–H groups in total. The summed E-state index contributed by atoms with van der Waals surface area (Å²) >= 11 is 0. The third-order valence-electron chi connectivity index (χ3n) is 9.03. The van der Waals surface area contributed by atoms with Crippen molar-refractivity contribution in [1.29, 1.82) is 5.26 Å². The molecule has 3 nitrogen and oxygen atoms in total. The zero-order valence-electron chi connectivity index (χ0n) is 15.8. The molecule has 0 spiro atoms. The molecule has 4 aliphatic rings. The number of hydrogen-bond donors (Lipinski definition) is 2. The van der Waals surface area contributed by atoms with Gasteiger partial charge in [0, 0.05) is 12.7 Å². The molecule has 0 aliphatic heterocycles. The van der Waals surface area contributed by atoms with E-state index in [2.05, 4.69) is 13.0 Å². The van der Waals surface area contributed by atoms with Gasteiger partial charge in [0.2, 0.25) is 0 Å². The van der Waals surface area contributed by atoms with Crippen molar-refractivity contribution < 1.29 is 10.2 Å². The van der Waals surface area contributed by atoms with Crippen LogP contribution in [0.5, 0.6) is 0 Å². The van der Waals surface area contributed by atoms with Crippen molar-refractivity contribution >= 4 is 0 Å². The molecule has 0 radical (unpaired) electrons. The largest absolute Gasteiger partial charge is 0.396 e. The molecule has 3 heteroatoms. The van der Waals surface area contributed by atoms with Crippen molar-refractivity contribution in [2.45, 2.75) is 77.2 Å². The lowest BCUT2D eigenvalue weighted by atomic mass is 9.44. The lowest BCUT2D eigenvalue weighted by Crippen LogP contribution is -2.57. The SMILES string of the molecule is CC12CC[C@H]3[C@@H](CC[C@H]4C[C@](C)(O)CC[C@@]43CO)[C@@H]1CC/C2=C/C#N. The number of fused-ring (bicyclic) bond motifs is 5. The average Bonchev–Trinajstić information content (AvgIpc) is 2.91. The Bertz CT molecular complexity index is 618. The van der Waals surface area contributed by atoms with Crippen LogP contribution in [0.2, 0.25) is 0 Å². The van der Waals surface area contributed by atoms with Crippen LogP contribution in [0, 0.1) is 45.8 Å². The molecule has 0 aromatic heterocycles. The van der Waals surface area contributed by atoms with Gasteiger partial charge >= 0.3 is 0 Å². The number of nitriles is 1. The summed E-state index contributed by atoms with van der Waals surface area (Å²) in [5.74, 6) is 2.45. The van der Waals surface area contributed by atoms with Crippen LogP contribution in [0.1, 0.15) is 71.6 Å². The molecular formula is C22H33NO2. The summed E-state index contributed by atoms with van der Waals surface area (Å²) in [4.78, 5) is 0. The Hall–Kier alpha value is -0.850. The van der Waals surface area contributed by atoms with Crippen LogP contribution in [0.4, 0.5) is 0 Å². The van der Waals surface area contributed by atoms with Gasteiger partial charge in [0.15, 0.2) is 0 Å². The molecule has 0 heterocycles. The second-order valence-corrected chi connectivity index (χ2v) is 10.0. The molecule has 7 atom stereocenters. The first-order chi connectivity index (χ1) is 11.9. The maximum atomic E-state index is 10.6. The summed E-state index contributed by atoms with van der Waals surface area (Å²) in [6, 6.07) is 2.28. The molecule has 4 fully saturated rings. The van der Waals surface area contributed by atoms with Crippen molar-refractivity contribution in [2.24, 2.45) is 34.5 Å². The second-order valence-electron chi connectivity index (χ2n) is 10.0. The van der Waals surface area contributed by atoms with Gasteiger partial charge < -0.3 is 10.2 Å². The molecule has 4 rings (SSSR count). The molecule has 0 bridgehead atoms. The number of aliphatic hydroxyl groups excluding tert-OH is 1. The van der Waals surface area contributed by atoms with Crippen LogP contribution in [0.25, 0.3) is 0 Å². The summed E-state index contributed by atoms with van der Waals surface area (Å²) in [5, 5.41) is 30.2. The van der Waals surface area contributed by atoms with E-state index < -0.39 is 5.60 Å². The Labute approximate surface area is 152 Å². The van der Waals surface area contributed by atoms with Gasteiger partial charge in [-0.05, 0) is 99.2 Å². The highest BCUT2D eigenvalue weighted by Crippen LogP contribution is 2.67. The minimum absolute atomic E-state index is 0.0359. The van der Waals surface area contributed by atoms with Gasteiger partial charge in [-0.15, -0.1) is 0 Å². The number of allylic oxidation sites excluding steroid dienone is 2. The number of aliphatic hydroxyl groups is 2. The second kappa shape index (κ2) is 5.83. The van der Waals surface area contributed by atoms with Crippen molar-refractivity contribution in [2.75, 3.05) is 6.61 Å². The van der Waals surface area contributed by atoms with Crippen LogP contribution in [-0.2, 0) is 0 Å². The predicted molar refractivity (Wildman–Crippen MR) is 97.5 cm³/mol. The zero-order valence-corrected chi connectivity index (χ0v) is 15.8. The monoisotopic (exact) mass is 343 g/mol. The summed E-state index contributed by atoms with van der Waals surface area (Å²) < 4.78 is 0. The van der Waals surface area contributed by atoms with E-state index in [4.69, 9.17) is 5.26 Å². The Morgan fingerprint density at radius 1 is 1.12 bits per heavy atom. The Morgan fingerprint density at radius 2 is 1.92 bits per heavy atom. The topological polar surface area (TPSA) is 64.2 Å². The molecule has 1 unspecified atom stereocenters. The van der Waals surface area contributed by atoms with Gasteiger partial charge in [-0.2, -0.15) is 5.26 Å². The smallest absolute Gasteiger partial charge is 0.0911 e. The molecule has 0 aromatic rings. The highest BCUT2D eigenvalue weighted by Gasteiger charge is 2.61. The first-order valence-corrected chi connectivity index (χ1v) is 10.3. The van der Waals surface area contributed by atoms with Gasteiger partial charge in [0.25, 0.3) is 0 Å². The number of nitrogens with zero attached hydrogens (tertiary/aromatic N) is 1. The van der Waals surface area contributed by atoms with Crippen molar-refractivity contribution in [3.8, 4) is 6.07 Å². The van der Waals surface area contributed by atoms with Crippen molar-refractivity contribution in [1.82, 2.24) is 0 Å². The van der Waals surface area contributed by atoms with Crippen molar-refractivity contribution in [3.05, 3.63) is 11.6 Å². The quantitative estimate of drug-likeness (QED) is 0.701. The third kappa shape index (κ3) is 2.44. The summed E-state index contributed by atoms with van der Waals surface area (Å²) in [6.07, 6.45) is 11.5. The van der Waals surface area contributed by atoms with Crippen LogP contribution in [-0.4, -0.2) is 22.4 Å². The van der Waals surface area contributed by atoms with Crippen molar-refractivity contribution in [3.63, 3.8) is 0 Å². The molecule has 4 saturated carbocycles. The van der Waals surface area contributed by atoms with Crippen LogP contribution in [0.3, 0.4) is 0 Å². The summed E-state index contributed by atoms with van der Waals surface area (Å²) in [5.41, 5.74) is 1.08. The zero-order chi connectivity index (χ0) is 17.9. The number of hydrogen-bond acceptors (Lipinski definition) is 3. The average molecular weight is 344 g/mol. The maximum Gasteiger partial charge on any atom is 0.0911 e. The molecule has 0 amide bonds. The number of rotatable bonds is 1. The minimum Gasteiger partial charge on any atom is -0.396 e. The maximum absolute atomic E-state index is 10.6. The lowest BCUT2D eigenvalue weighted by Gasteiger charge is -2.62. The van der Waals surface area contributed by atoms with E-state index in [1.807, 2.05) is 13.0 Å². The highest BCUT2D eigenvalue weighted by atomic mass is 16.3. The third-order valence-corrected chi connectivity index (χ3v) is 9.03. The standard InChI is InChI=1S/C22H33NO2/c1-20(25)10-11-22(14-24)16(13-20)3-5-17-18-6-4-15(8-12-23)21(18,2)9-7-19(17)22/h8,16-19,24-25H,3-7,9-11,13-14H2,1-2H3/b15-8-/t16-,17-,18-,19-,20+,21?,22+/m0/s1. The highest BCUT2D eigenvalue weighted by molar-refractivity contribution is 5.28. The lowest BCUT2D eigenvalue weighted by molar-refractivity contribution is -0.164. The van der Waals surface area contributed by atoms with Crippen LogP contribution in [0.15, 0.2) is 11.6 Å². The van der Waals surface area contributed by atoms with Crippen LogP contribution < -0.4 is 0 Å². The van der Waals surface area contributed by atoms with E-state index in [1.54, 1.807) is 0 Å². The van der Waals surface area contributed by atoms with Gasteiger partial charge in [-0.3, -0.25) is 0 Å². The van der Waals surface area contributed by atoms with E-state index in [0.29, 0.717) is 30.3 Å². The van der Waals surface area contributed by atoms with E-state index in [0.717, 1.165) is 38.5 Å². The minimum atomic E-state index is -0.546. The fourth-order valence-corrected chi connectivity index (χ4v) is 7.71. The molecule has 25 heavy (non-hydrogen) atoms. The van der Waals surface area contributed by atoms with E-state index in [-0.39, 0.29) is 10.8 Å². The van der Waals surface area contributed by atoms with E-state index in [9.17, 15) is 10.2 Å². The van der Waals surface area contributed by atoms with E-state index in [1.165, 1.54) is 24.8 Å². The Morgan fingerprint density at radius 3 is 2.64 bits per heavy atom.